The molecule has 0 aromatic carbocycles. The van der Waals surface area contributed by atoms with Crippen LogP contribution in [0.15, 0.2) is 10.9 Å². The molecule has 16 heavy (non-hydrogen) atoms. The highest BCUT2D eigenvalue weighted by molar-refractivity contribution is 7.07. The summed E-state index contributed by atoms with van der Waals surface area (Å²) in [6, 6.07) is 0.0373. The van der Waals surface area contributed by atoms with E-state index in [2.05, 4.69) is 4.98 Å². The predicted octanol–water partition coefficient (Wildman–Crippen LogP) is 1.08. The van der Waals surface area contributed by atoms with Gasteiger partial charge in [-0.1, -0.05) is 0 Å². The molecule has 0 saturated heterocycles. The number of aromatic nitrogens is 1. The van der Waals surface area contributed by atoms with Crippen molar-refractivity contribution in [1.29, 1.82) is 0 Å². The second kappa shape index (κ2) is 4.21. The Kier molecular flexibility index (Phi) is 2.91. The molecule has 1 aliphatic rings. The van der Waals surface area contributed by atoms with Crippen LogP contribution in [0.3, 0.4) is 0 Å². The van der Waals surface area contributed by atoms with E-state index in [1.54, 1.807) is 22.8 Å². The quantitative estimate of drug-likeness (QED) is 0.858. The van der Waals surface area contributed by atoms with Gasteiger partial charge in [-0.25, -0.2) is 4.98 Å². The highest BCUT2D eigenvalue weighted by Gasteiger charge is 2.38. The molecule has 1 aromatic rings. The standard InChI is InChI=1S/C10H12N2O3S/c1-12(7-2-6(3-7)10(14)15)9(13)8-4-16-5-11-8/h4-7H,2-3H2,1H3,(H,14,15). The third kappa shape index (κ3) is 1.92. The minimum absolute atomic E-state index is 0.0373. The van der Waals surface area contributed by atoms with Crippen molar-refractivity contribution in [3.8, 4) is 0 Å². The number of carbonyl (C=O) groups is 2. The zero-order chi connectivity index (χ0) is 11.7. The van der Waals surface area contributed by atoms with Gasteiger partial charge in [-0.2, -0.15) is 0 Å². The molecule has 0 aliphatic heterocycles. The summed E-state index contributed by atoms with van der Waals surface area (Å²) in [6.07, 6.45) is 1.09. The van der Waals surface area contributed by atoms with Crippen LogP contribution in [0, 0.1) is 5.92 Å². The molecule has 1 amide bonds. The minimum Gasteiger partial charge on any atom is -0.481 e. The molecular weight excluding hydrogens is 228 g/mol. The number of carboxylic acid groups (broad SMARTS) is 1. The molecule has 0 unspecified atom stereocenters. The van der Waals surface area contributed by atoms with Crippen molar-refractivity contribution in [2.45, 2.75) is 18.9 Å². The Morgan fingerprint density at radius 2 is 2.25 bits per heavy atom. The van der Waals surface area contributed by atoms with Crippen molar-refractivity contribution in [3.05, 3.63) is 16.6 Å². The molecule has 1 heterocycles. The van der Waals surface area contributed by atoms with Crippen LogP contribution in [0.5, 0.6) is 0 Å². The Morgan fingerprint density at radius 3 is 2.75 bits per heavy atom. The van der Waals surface area contributed by atoms with Crippen molar-refractivity contribution >= 4 is 23.2 Å². The first-order valence-corrected chi connectivity index (χ1v) is 5.92. The highest BCUT2D eigenvalue weighted by atomic mass is 32.1. The Hall–Kier alpha value is -1.43. The molecule has 6 heteroatoms. The average molecular weight is 240 g/mol. The van der Waals surface area contributed by atoms with Gasteiger partial charge >= 0.3 is 5.97 Å². The maximum atomic E-state index is 11.8. The van der Waals surface area contributed by atoms with Crippen LogP contribution in [0.4, 0.5) is 0 Å². The van der Waals surface area contributed by atoms with Crippen molar-refractivity contribution in [2.75, 3.05) is 7.05 Å². The van der Waals surface area contributed by atoms with Crippen LogP contribution < -0.4 is 0 Å². The number of nitrogens with zero attached hydrogens (tertiary/aromatic N) is 2. The lowest BCUT2D eigenvalue weighted by atomic mass is 9.79. The third-order valence-corrected chi connectivity index (χ3v) is 3.57. The fourth-order valence-electron chi connectivity index (χ4n) is 1.77. The lowest BCUT2D eigenvalue weighted by Crippen LogP contribution is -2.47. The Morgan fingerprint density at radius 1 is 1.56 bits per heavy atom. The van der Waals surface area contributed by atoms with E-state index in [0.29, 0.717) is 18.5 Å². The van der Waals surface area contributed by atoms with Crippen molar-refractivity contribution < 1.29 is 14.7 Å². The average Bonchev–Trinajstić information content (AvgIpc) is 2.65. The van der Waals surface area contributed by atoms with E-state index in [0.717, 1.165) is 0 Å². The lowest BCUT2D eigenvalue weighted by molar-refractivity contribution is -0.146. The topological polar surface area (TPSA) is 70.5 Å². The van der Waals surface area contributed by atoms with Crippen LogP contribution in [0.1, 0.15) is 23.3 Å². The van der Waals surface area contributed by atoms with Crippen molar-refractivity contribution in [1.82, 2.24) is 9.88 Å². The van der Waals surface area contributed by atoms with Crippen LogP contribution in [0.2, 0.25) is 0 Å². The summed E-state index contributed by atoms with van der Waals surface area (Å²) in [4.78, 5) is 28.0. The Bertz CT molecular complexity index is 398. The predicted molar refractivity (Wildman–Crippen MR) is 58.4 cm³/mol. The number of carbonyl (C=O) groups excluding carboxylic acids is 1. The fraction of sp³-hybridized carbons (Fsp3) is 0.500. The van der Waals surface area contributed by atoms with E-state index >= 15 is 0 Å². The Balaban J connectivity index is 1.93. The van der Waals surface area contributed by atoms with Gasteiger partial charge in [0.25, 0.3) is 5.91 Å². The normalized spacial score (nSPS) is 23.6. The van der Waals surface area contributed by atoms with Gasteiger partial charge in [-0.05, 0) is 12.8 Å². The number of hydrogen-bond donors (Lipinski definition) is 1. The van der Waals surface area contributed by atoms with Gasteiger partial charge in [0.15, 0.2) is 0 Å². The van der Waals surface area contributed by atoms with Gasteiger partial charge in [-0.15, -0.1) is 11.3 Å². The number of aliphatic carboxylic acids is 1. The molecule has 1 aromatic heterocycles. The van der Waals surface area contributed by atoms with Gasteiger partial charge < -0.3 is 10.0 Å². The maximum absolute atomic E-state index is 11.8. The number of rotatable bonds is 3. The van der Waals surface area contributed by atoms with Crippen LogP contribution in [0.25, 0.3) is 0 Å². The summed E-state index contributed by atoms with van der Waals surface area (Å²) in [5, 5.41) is 10.4. The number of amides is 1. The Labute approximate surface area is 96.7 Å². The zero-order valence-electron chi connectivity index (χ0n) is 8.79. The van der Waals surface area contributed by atoms with E-state index in [1.807, 2.05) is 0 Å². The number of thiazole rings is 1. The summed E-state index contributed by atoms with van der Waals surface area (Å²) < 4.78 is 0. The van der Waals surface area contributed by atoms with Crippen molar-refractivity contribution in [3.63, 3.8) is 0 Å². The lowest BCUT2D eigenvalue weighted by Gasteiger charge is -2.38. The molecule has 0 radical (unpaired) electrons. The largest absolute Gasteiger partial charge is 0.481 e. The van der Waals surface area contributed by atoms with Gasteiger partial charge in [0, 0.05) is 18.5 Å². The minimum atomic E-state index is -0.772. The monoisotopic (exact) mass is 240 g/mol. The molecule has 1 aliphatic carbocycles. The molecule has 0 spiro atoms. The number of carboxylic acids is 1. The smallest absolute Gasteiger partial charge is 0.306 e. The molecule has 2 rings (SSSR count). The molecule has 1 N–H and O–H groups in total. The van der Waals surface area contributed by atoms with Gasteiger partial charge in [0.05, 0.1) is 11.4 Å². The van der Waals surface area contributed by atoms with Gasteiger partial charge in [-0.3, -0.25) is 9.59 Å². The maximum Gasteiger partial charge on any atom is 0.306 e. The highest BCUT2D eigenvalue weighted by Crippen LogP contribution is 2.31. The van der Waals surface area contributed by atoms with Gasteiger partial charge in [0.1, 0.15) is 5.69 Å². The first-order valence-electron chi connectivity index (χ1n) is 4.97. The molecular formula is C10H12N2O3S. The SMILES string of the molecule is CN(C(=O)c1cscn1)C1CC(C(=O)O)C1. The molecule has 5 nitrogen and oxygen atoms in total. The third-order valence-electron chi connectivity index (χ3n) is 2.98. The van der Waals surface area contributed by atoms with Gasteiger partial charge in [0.2, 0.25) is 0 Å². The fourth-order valence-corrected chi connectivity index (χ4v) is 2.30. The molecule has 0 atom stereocenters. The summed E-state index contributed by atoms with van der Waals surface area (Å²) in [5.74, 6) is -1.20. The van der Waals surface area contributed by atoms with E-state index in [-0.39, 0.29) is 17.9 Å². The zero-order valence-corrected chi connectivity index (χ0v) is 9.61. The number of hydrogen-bond acceptors (Lipinski definition) is 4. The second-order valence-corrected chi connectivity index (χ2v) is 4.67. The van der Waals surface area contributed by atoms with Crippen LogP contribution in [-0.4, -0.2) is 40.0 Å². The van der Waals surface area contributed by atoms with Crippen LogP contribution in [-0.2, 0) is 4.79 Å². The van der Waals surface area contributed by atoms with E-state index in [4.69, 9.17) is 5.11 Å². The van der Waals surface area contributed by atoms with Crippen molar-refractivity contribution in [2.24, 2.45) is 5.92 Å². The first kappa shape index (κ1) is 11.1. The summed E-state index contributed by atoms with van der Waals surface area (Å²) in [5.41, 5.74) is 2.05. The summed E-state index contributed by atoms with van der Waals surface area (Å²) in [7, 11) is 1.70. The second-order valence-electron chi connectivity index (χ2n) is 3.95. The molecule has 0 bridgehead atoms. The molecule has 1 saturated carbocycles. The first-order chi connectivity index (χ1) is 7.59. The van der Waals surface area contributed by atoms with Crippen LogP contribution >= 0.6 is 11.3 Å². The molecule has 86 valence electrons. The summed E-state index contributed by atoms with van der Waals surface area (Å²) in [6.45, 7) is 0. The van der Waals surface area contributed by atoms with E-state index in [1.165, 1.54) is 11.3 Å². The van der Waals surface area contributed by atoms with E-state index < -0.39 is 5.97 Å². The molecule has 1 fully saturated rings. The van der Waals surface area contributed by atoms with E-state index in [9.17, 15) is 9.59 Å². The summed E-state index contributed by atoms with van der Waals surface area (Å²) >= 11 is 1.38.